The number of hydrogen-bond donors (Lipinski definition) is 0. The standard InChI is InChI=1S/C35H58O6Si/c1-24-14-13-15-25(2)34(36)40-32(24)26(3)22-27(4)33(41-42(11,12)35(6,7)8)28(5)31(38-10)20-21-39-23-29-16-18-30(37-9)19-17-29/h13-14,16-19,22,24-25,27-28,31-33H,15,20-21,23H2,1-12H3/b14-13-,26-22+/t24-,25+,27+,28+,31+,32-,33+/m0/s1. The fourth-order valence-corrected chi connectivity index (χ4v) is 6.75. The molecular weight excluding hydrogens is 544 g/mol. The first-order valence-corrected chi connectivity index (χ1v) is 18.5. The molecular formula is C35H58O6Si. The van der Waals surface area contributed by atoms with Crippen LogP contribution in [0.3, 0.4) is 0 Å². The van der Waals surface area contributed by atoms with E-state index in [0.29, 0.717) is 13.2 Å². The molecule has 238 valence electrons. The Hall–Kier alpha value is -1.93. The van der Waals surface area contributed by atoms with Gasteiger partial charge in [-0.05, 0) is 67.1 Å². The Labute approximate surface area is 257 Å². The van der Waals surface area contributed by atoms with Crippen molar-refractivity contribution in [1.29, 1.82) is 0 Å². The number of ether oxygens (including phenoxy) is 4. The van der Waals surface area contributed by atoms with Crippen molar-refractivity contribution in [3.63, 3.8) is 0 Å². The first-order chi connectivity index (χ1) is 19.6. The molecule has 1 heterocycles. The van der Waals surface area contributed by atoms with Gasteiger partial charge in [0.15, 0.2) is 8.32 Å². The fourth-order valence-electron chi connectivity index (χ4n) is 5.28. The first-order valence-electron chi connectivity index (χ1n) is 15.6. The number of carbonyl (C=O) groups excluding carboxylic acids is 1. The Kier molecular flexibility index (Phi) is 14.0. The minimum absolute atomic E-state index is 0.0336. The SMILES string of the molecule is COc1ccc(COCC[C@@H](OC)[C@@H](C)[C@H](O[Si](C)(C)C(C)(C)C)[C@H](C)/C=C(\C)[C@H]2OC(=O)[C@H](C)C/C=C\[C@@H]2C)cc1. The van der Waals surface area contributed by atoms with E-state index in [0.717, 1.165) is 29.7 Å². The van der Waals surface area contributed by atoms with Crippen molar-refractivity contribution in [3.05, 3.63) is 53.6 Å². The first kappa shape index (κ1) is 36.3. The third-order valence-electron chi connectivity index (χ3n) is 9.16. The maximum absolute atomic E-state index is 12.7. The summed E-state index contributed by atoms with van der Waals surface area (Å²) in [5.41, 5.74) is 2.18. The number of esters is 1. The van der Waals surface area contributed by atoms with E-state index in [4.69, 9.17) is 23.4 Å². The van der Waals surface area contributed by atoms with Gasteiger partial charge in [-0.3, -0.25) is 4.79 Å². The highest BCUT2D eigenvalue weighted by atomic mass is 28.4. The summed E-state index contributed by atoms with van der Waals surface area (Å²) in [4.78, 5) is 12.7. The van der Waals surface area contributed by atoms with Crippen LogP contribution in [-0.4, -0.2) is 53.4 Å². The average Bonchev–Trinajstić information content (AvgIpc) is 2.92. The number of hydrogen-bond acceptors (Lipinski definition) is 6. The van der Waals surface area contributed by atoms with Crippen molar-refractivity contribution in [2.24, 2.45) is 23.7 Å². The summed E-state index contributed by atoms with van der Waals surface area (Å²) in [6.07, 6.45) is 7.65. The summed E-state index contributed by atoms with van der Waals surface area (Å²) in [5, 5.41) is 0.0675. The molecule has 1 aromatic carbocycles. The molecule has 0 spiro atoms. The van der Waals surface area contributed by atoms with Crippen LogP contribution < -0.4 is 4.74 Å². The average molecular weight is 603 g/mol. The van der Waals surface area contributed by atoms with E-state index in [2.05, 4.69) is 79.8 Å². The highest BCUT2D eigenvalue weighted by Gasteiger charge is 2.42. The van der Waals surface area contributed by atoms with Crippen molar-refractivity contribution in [3.8, 4) is 5.75 Å². The van der Waals surface area contributed by atoms with Crippen LogP contribution in [0.25, 0.3) is 0 Å². The van der Waals surface area contributed by atoms with Crippen LogP contribution in [0.1, 0.15) is 73.8 Å². The second-order valence-electron chi connectivity index (χ2n) is 13.7. The quantitative estimate of drug-likeness (QED) is 0.0923. The molecule has 1 aliphatic heterocycles. The fraction of sp³-hybridized carbons (Fsp3) is 0.686. The monoisotopic (exact) mass is 602 g/mol. The van der Waals surface area contributed by atoms with Gasteiger partial charge in [-0.25, -0.2) is 0 Å². The predicted molar refractivity (Wildman–Crippen MR) is 174 cm³/mol. The van der Waals surface area contributed by atoms with Gasteiger partial charge in [0.25, 0.3) is 0 Å². The normalized spacial score (nSPS) is 24.1. The third kappa shape index (κ3) is 10.4. The Morgan fingerprint density at radius 3 is 2.33 bits per heavy atom. The Morgan fingerprint density at radius 1 is 1.12 bits per heavy atom. The lowest BCUT2D eigenvalue weighted by atomic mass is 9.85. The second-order valence-corrected chi connectivity index (χ2v) is 18.5. The maximum Gasteiger partial charge on any atom is 0.309 e. The molecule has 0 aliphatic carbocycles. The molecule has 42 heavy (non-hydrogen) atoms. The Balaban J connectivity index is 2.23. The van der Waals surface area contributed by atoms with Crippen molar-refractivity contribution in [1.82, 2.24) is 0 Å². The molecule has 2 rings (SSSR count). The summed E-state index contributed by atoms with van der Waals surface area (Å²) < 4.78 is 30.5. The van der Waals surface area contributed by atoms with Gasteiger partial charge in [-0.2, -0.15) is 0 Å². The van der Waals surface area contributed by atoms with Crippen LogP contribution in [0, 0.1) is 23.7 Å². The van der Waals surface area contributed by atoms with Gasteiger partial charge in [0.05, 0.1) is 31.8 Å². The summed E-state index contributed by atoms with van der Waals surface area (Å²) in [6, 6.07) is 7.96. The van der Waals surface area contributed by atoms with Crippen molar-refractivity contribution in [2.75, 3.05) is 20.8 Å². The Bertz CT molecular complexity index is 1020. The number of methoxy groups -OCH3 is 2. The van der Waals surface area contributed by atoms with E-state index in [1.807, 2.05) is 31.2 Å². The number of rotatable bonds is 14. The molecule has 0 saturated carbocycles. The molecule has 1 aromatic rings. The van der Waals surface area contributed by atoms with Crippen LogP contribution in [0.2, 0.25) is 18.1 Å². The molecule has 1 aliphatic rings. The van der Waals surface area contributed by atoms with Crippen molar-refractivity contribution >= 4 is 14.3 Å². The zero-order valence-electron chi connectivity index (χ0n) is 28.4. The van der Waals surface area contributed by atoms with Crippen LogP contribution in [0.15, 0.2) is 48.1 Å². The highest BCUT2D eigenvalue weighted by molar-refractivity contribution is 6.74. The van der Waals surface area contributed by atoms with E-state index in [9.17, 15) is 4.79 Å². The molecule has 0 fully saturated rings. The van der Waals surface area contributed by atoms with Crippen LogP contribution in [0.5, 0.6) is 5.75 Å². The van der Waals surface area contributed by atoms with Crippen molar-refractivity contribution in [2.45, 2.75) is 111 Å². The molecule has 6 nitrogen and oxygen atoms in total. The minimum Gasteiger partial charge on any atom is -0.497 e. The molecule has 0 unspecified atom stereocenters. The largest absolute Gasteiger partial charge is 0.497 e. The molecule has 0 radical (unpaired) electrons. The maximum atomic E-state index is 12.7. The molecule has 0 saturated heterocycles. The van der Waals surface area contributed by atoms with Gasteiger partial charge < -0.3 is 23.4 Å². The second kappa shape index (κ2) is 16.2. The van der Waals surface area contributed by atoms with Gasteiger partial charge in [0, 0.05) is 25.6 Å². The lowest BCUT2D eigenvalue weighted by molar-refractivity contribution is -0.153. The van der Waals surface area contributed by atoms with Crippen LogP contribution in [0.4, 0.5) is 0 Å². The van der Waals surface area contributed by atoms with Crippen LogP contribution >= 0.6 is 0 Å². The van der Waals surface area contributed by atoms with E-state index in [1.165, 1.54) is 0 Å². The van der Waals surface area contributed by atoms with Crippen molar-refractivity contribution < 1.29 is 28.2 Å². The van der Waals surface area contributed by atoms with Gasteiger partial charge in [-0.1, -0.05) is 78.8 Å². The number of carbonyl (C=O) groups is 1. The van der Waals surface area contributed by atoms with E-state index in [-0.39, 0.29) is 53.0 Å². The Morgan fingerprint density at radius 2 is 1.76 bits per heavy atom. The number of benzene rings is 1. The zero-order valence-corrected chi connectivity index (χ0v) is 29.4. The lowest BCUT2D eigenvalue weighted by Crippen LogP contribution is -2.49. The highest BCUT2D eigenvalue weighted by Crippen LogP contribution is 2.40. The minimum atomic E-state index is -2.10. The predicted octanol–water partition coefficient (Wildman–Crippen LogP) is 8.37. The molecule has 0 amide bonds. The summed E-state index contributed by atoms with van der Waals surface area (Å²) in [6.45, 7) is 23.2. The van der Waals surface area contributed by atoms with E-state index in [1.54, 1.807) is 14.2 Å². The molecule has 0 bridgehead atoms. The summed E-state index contributed by atoms with van der Waals surface area (Å²) in [5.74, 6) is 0.886. The molecule has 7 heteroatoms. The van der Waals surface area contributed by atoms with Crippen LogP contribution in [-0.2, 0) is 30.0 Å². The van der Waals surface area contributed by atoms with Gasteiger partial charge >= 0.3 is 5.97 Å². The van der Waals surface area contributed by atoms with Gasteiger partial charge in [-0.15, -0.1) is 0 Å². The molecule has 0 N–H and O–H groups in total. The van der Waals surface area contributed by atoms with E-state index < -0.39 is 8.32 Å². The third-order valence-corrected chi connectivity index (χ3v) is 13.6. The topological polar surface area (TPSA) is 63.2 Å². The lowest BCUT2D eigenvalue weighted by Gasteiger charge is -2.44. The number of allylic oxidation sites excluding steroid dienone is 1. The molecule has 0 aromatic heterocycles. The van der Waals surface area contributed by atoms with E-state index >= 15 is 0 Å². The summed E-state index contributed by atoms with van der Waals surface area (Å²) in [7, 11) is 1.35. The summed E-state index contributed by atoms with van der Waals surface area (Å²) >= 11 is 0. The van der Waals surface area contributed by atoms with Gasteiger partial charge in [0.2, 0.25) is 0 Å². The smallest absolute Gasteiger partial charge is 0.309 e. The number of cyclic esters (lactones) is 1. The molecule has 7 atom stereocenters. The van der Waals surface area contributed by atoms with Gasteiger partial charge in [0.1, 0.15) is 11.9 Å². The zero-order chi connectivity index (χ0) is 31.7.